The quantitative estimate of drug-likeness (QED) is 0.627. The highest BCUT2D eigenvalue weighted by Gasteiger charge is 2.03. The Bertz CT molecular complexity index is 597. The molecule has 0 radical (unpaired) electrons. The van der Waals surface area contributed by atoms with Crippen LogP contribution in [-0.2, 0) is 7.05 Å². The summed E-state index contributed by atoms with van der Waals surface area (Å²) in [6.45, 7) is 1.91. The van der Waals surface area contributed by atoms with Crippen LogP contribution in [0.2, 0.25) is 5.02 Å². The van der Waals surface area contributed by atoms with E-state index in [9.17, 15) is 4.79 Å². The van der Waals surface area contributed by atoms with Crippen LogP contribution in [0.4, 0.5) is 0 Å². The van der Waals surface area contributed by atoms with E-state index in [1.165, 1.54) is 0 Å². The first-order valence-corrected chi connectivity index (χ1v) is 5.92. The van der Waals surface area contributed by atoms with Crippen molar-refractivity contribution in [3.05, 3.63) is 58.4 Å². The predicted octanol–water partition coefficient (Wildman–Crippen LogP) is 3.28. The average molecular weight is 261 g/mol. The van der Waals surface area contributed by atoms with Crippen LogP contribution >= 0.6 is 11.6 Å². The van der Waals surface area contributed by atoms with Crippen molar-refractivity contribution in [2.75, 3.05) is 0 Å². The van der Waals surface area contributed by atoms with Gasteiger partial charge in [0.15, 0.2) is 5.78 Å². The van der Waals surface area contributed by atoms with Crippen LogP contribution in [0.1, 0.15) is 21.6 Å². The average Bonchev–Trinajstić information content (AvgIpc) is 2.66. The van der Waals surface area contributed by atoms with E-state index in [2.05, 4.69) is 5.10 Å². The lowest BCUT2D eigenvalue weighted by Gasteiger charge is -1.95. The molecule has 2 rings (SSSR count). The zero-order valence-corrected chi connectivity index (χ0v) is 11.0. The van der Waals surface area contributed by atoms with Crippen molar-refractivity contribution in [2.45, 2.75) is 6.92 Å². The lowest BCUT2D eigenvalue weighted by atomic mass is 10.1. The monoisotopic (exact) mass is 260 g/mol. The summed E-state index contributed by atoms with van der Waals surface area (Å²) in [5.41, 5.74) is 2.47. The molecule has 0 saturated carbocycles. The molecule has 2 aromatic rings. The molecule has 1 aromatic carbocycles. The molecule has 0 aliphatic heterocycles. The summed E-state index contributed by atoms with van der Waals surface area (Å²) >= 11 is 5.77. The maximum Gasteiger partial charge on any atom is 0.185 e. The van der Waals surface area contributed by atoms with Gasteiger partial charge in [-0.25, -0.2) is 0 Å². The van der Waals surface area contributed by atoms with E-state index < -0.39 is 0 Å². The fraction of sp³-hybridized carbons (Fsp3) is 0.143. The van der Waals surface area contributed by atoms with Gasteiger partial charge in [0.25, 0.3) is 0 Å². The SMILES string of the molecule is Cc1nn(C)cc1/C=C/C(=O)c1ccc(Cl)cc1. The van der Waals surface area contributed by atoms with Gasteiger partial charge >= 0.3 is 0 Å². The molecule has 0 fully saturated rings. The van der Waals surface area contributed by atoms with Crippen LogP contribution in [0.5, 0.6) is 0 Å². The van der Waals surface area contributed by atoms with Crippen molar-refractivity contribution >= 4 is 23.5 Å². The van der Waals surface area contributed by atoms with Gasteiger partial charge in [-0.3, -0.25) is 9.48 Å². The number of nitrogens with zero attached hydrogens (tertiary/aromatic N) is 2. The van der Waals surface area contributed by atoms with Gasteiger partial charge in [-0.05, 0) is 43.3 Å². The van der Waals surface area contributed by atoms with Gasteiger partial charge in [-0.1, -0.05) is 11.6 Å². The normalized spacial score (nSPS) is 11.1. The van der Waals surface area contributed by atoms with E-state index in [-0.39, 0.29) is 5.78 Å². The first-order chi connectivity index (χ1) is 8.56. The zero-order valence-electron chi connectivity index (χ0n) is 10.2. The van der Waals surface area contributed by atoms with Gasteiger partial charge in [-0.15, -0.1) is 0 Å². The minimum Gasteiger partial charge on any atom is -0.289 e. The summed E-state index contributed by atoms with van der Waals surface area (Å²) in [4.78, 5) is 11.9. The molecule has 0 unspecified atom stereocenters. The molecule has 0 atom stereocenters. The van der Waals surface area contributed by atoms with Gasteiger partial charge in [0, 0.05) is 29.4 Å². The van der Waals surface area contributed by atoms with Gasteiger partial charge in [0.05, 0.1) is 5.69 Å². The Morgan fingerprint density at radius 3 is 2.56 bits per heavy atom. The number of carbonyl (C=O) groups is 1. The summed E-state index contributed by atoms with van der Waals surface area (Å²) in [5, 5.41) is 4.83. The zero-order chi connectivity index (χ0) is 13.1. The second-order valence-corrected chi connectivity index (χ2v) is 4.48. The molecule has 0 saturated heterocycles. The lowest BCUT2D eigenvalue weighted by Crippen LogP contribution is -1.93. The molecule has 0 amide bonds. The molecule has 0 spiro atoms. The summed E-state index contributed by atoms with van der Waals surface area (Å²) < 4.78 is 1.72. The fourth-order valence-corrected chi connectivity index (χ4v) is 1.78. The molecule has 92 valence electrons. The first kappa shape index (κ1) is 12.6. The number of hydrogen-bond acceptors (Lipinski definition) is 2. The van der Waals surface area contributed by atoms with E-state index >= 15 is 0 Å². The van der Waals surface area contributed by atoms with Crippen molar-refractivity contribution in [3.8, 4) is 0 Å². The number of carbonyl (C=O) groups excluding carboxylic acids is 1. The molecular weight excluding hydrogens is 248 g/mol. The molecule has 0 N–H and O–H groups in total. The van der Waals surface area contributed by atoms with Gasteiger partial charge in [0.2, 0.25) is 0 Å². The third kappa shape index (κ3) is 2.87. The van der Waals surface area contributed by atoms with Crippen LogP contribution in [-0.4, -0.2) is 15.6 Å². The standard InChI is InChI=1S/C14H13ClN2O/c1-10-12(9-17(2)16-10)5-8-14(18)11-3-6-13(15)7-4-11/h3-9H,1-2H3/b8-5+. The molecule has 4 heteroatoms. The summed E-state index contributed by atoms with van der Waals surface area (Å²) in [6.07, 6.45) is 5.20. The minimum absolute atomic E-state index is 0.0464. The Labute approximate surface area is 111 Å². The number of hydrogen-bond donors (Lipinski definition) is 0. The maximum absolute atomic E-state index is 11.9. The third-order valence-corrected chi connectivity index (χ3v) is 2.85. The summed E-state index contributed by atoms with van der Waals surface area (Å²) in [7, 11) is 1.85. The summed E-state index contributed by atoms with van der Waals surface area (Å²) in [6, 6.07) is 6.84. The van der Waals surface area contributed by atoms with Crippen LogP contribution in [0, 0.1) is 6.92 Å². The van der Waals surface area contributed by atoms with E-state index in [0.29, 0.717) is 10.6 Å². The van der Waals surface area contributed by atoms with Crippen molar-refractivity contribution < 1.29 is 4.79 Å². The predicted molar refractivity (Wildman–Crippen MR) is 72.8 cm³/mol. The number of halogens is 1. The van der Waals surface area contributed by atoms with E-state index in [4.69, 9.17) is 11.6 Å². The molecule has 0 aliphatic rings. The Morgan fingerprint density at radius 2 is 2.00 bits per heavy atom. The Balaban J connectivity index is 2.16. The van der Waals surface area contributed by atoms with Gasteiger partial charge < -0.3 is 0 Å². The highest BCUT2D eigenvalue weighted by molar-refractivity contribution is 6.30. The van der Waals surface area contributed by atoms with E-state index in [1.807, 2.05) is 20.2 Å². The molecule has 0 bridgehead atoms. The second kappa shape index (κ2) is 5.19. The van der Waals surface area contributed by atoms with Crippen LogP contribution < -0.4 is 0 Å². The molecular formula is C14H13ClN2O. The minimum atomic E-state index is -0.0464. The maximum atomic E-state index is 11.9. The topological polar surface area (TPSA) is 34.9 Å². The molecule has 3 nitrogen and oxygen atoms in total. The number of aryl methyl sites for hydroxylation is 2. The molecule has 1 heterocycles. The van der Waals surface area contributed by atoms with Crippen LogP contribution in [0.15, 0.2) is 36.5 Å². The van der Waals surface area contributed by atoms with Gasteiger partial charge in [-0.2, -0.15) is 5.10 Å². The fourth-order valence-electron chi connectivity index (χ4n) is 1.66. The van der Waals surface area contributed by atoms with Crippen LogP contribution in [0.25, 0.3) is 6.08 Å². The van der Waals surface area contributed by atoms with Crippen molar-refractivity contribution in [3.63, 3.8) is 0 Å². The number of ketones is 1. The smallest absolute Gasteiger partial charge is 0.185 e. The largest absolute Gasteiger partial charge is 0.289 e. The second-order valence-electron chi connectivity index (χ2n) is 4.05. The van der Waals surface area contributed by atoms with Crippen molar-refractivity contribution in [2.24, 2.45) is 7.05 Å². The van der Waals surface area contributed by atoms with Crippen molar-refractivity contribution in [1.29, 1.82) is 0 Å². The number of aromatic nitrogens is 2. The van der Waals surface area contributed by atoms with Gasteiger partial charge in [0.1, 0.15) is 0 Å². The third-order valence-electron chi connectivity index (χ3n) is 2.59. The Hall–Kier alpha value is -1.87. The lowest BCUT2D eigenvalue weighted by molar-refractivity contribution is 0.104. The van der Waals surface area contributed by atoms with E-state index in [1.54, 1.807) is 41.1 Å². The molecule has 1 aromatic heterocycles. The first-order valence-electron chi connectivity index (χ1n) is 5.54. The van der Waals surface area contributed by atoms with E-state index in [0.717, 1.165) is 11.3 Å². The number of allylic oxidation sites excluding steroid dienone is 1. The number of benzene rings is 1. The highest BCUT2D eigenvalue weighted by Crippen LogP contribution is 2.12. The Morgan fingerprint density at radius 1 is 1.33 bits per heavy atom. The van der Waals surface area contributed by atoms with Crippen LogP contribution in [0.3, 0.4) is 0 Å². The Kier molecular flexibility index (Phi) is 3.63. The molecule has 18 heavy (non-hydrogen) atoms. The van der Waals surface area contributed by atoms with Crippen molar-refractivity contribution in [1.82, 2.24) is 9.78 Å². The number of rotatable bonds is 3. The highest BCUT2D eigenvalue weighted by atomic mass is 35.5. The molecule has 0 aliphatic carbocycles. The summed E-state index contributed by atoms with van der Waals surface area (Å²) in [5.74, 6) is -0.0464.